The van der Waals surface area contributed by atoms with E-state index in [9.17, 15) is 24.3 Å². The number of hydrogen-bond donors (Lipinski definition) is 2. The fourth-order valence-corrected chi connectivity index (χ4v) is 7.26. The Morgan fingerprint density at radius 3 is 2.12 bits per heavy atom. The number of hydrogen-bond acceptors (Lipinski definition) is 7. The third-order valence-electron chi connectivity index (χ3n) is 9.79. The summed E-state index contributed by atoms with van der Waals surface area (Å²) in [5.41, 5.74) is 6.91. The molecule has 2 saturated heterocycles. The number of imide groups is 2. The van der Waals surface area contributed by atoms with Gasteiger partial charge in [0.05, 0.1) is 11.1 Å². The van der Waals surface area contributed by atoms with Crippen LogP contribution in [0.2, 0.25) is 0 Å². The summed E-state index contributed by atoms with van der Waals surface area (Å²) in [7, 11) is 0. The molecule has 3 aliphatic heterocycles. The van der Waals surface area contributed by atoms with Crippen LogP contribution in [-0.4, -0.2) is 70.8 Å². The van der Waals surface area contributed by atoms with Crippen LogP contribution in [-0.2, 0) is 16.1 Å². The molecular weight excluding hydrogens is 635 g/mol. The van der Waals surface area contributed by atoms with Gasteiger partial charge in [-0.15, -0.1) is 0 Å². The van der Waals surface area contributed by atoms with Gasteiger partial charge in [-0.05, 0) is 82.6 Å². The average molecular weight is 673 g/mol. The van der Waals surface area contributed by atoms with Gasteiger partial charge >= 0.3 is 0 Å². The normalized spacial score (nSPS) is 18.6. The molecule has 0 saturated carbocycles. The summed E-state index contributed by atoms with van der Waals surface area (Å²) in [4.78, 5) is 55.6. The third-order valence-corrected chi connectivity index (χ3v) is 9.79. The van der Waals surface area contributed by atoms with Crippen molar-refractivity contribution < 1.29 is 28.7 Å². The van der Waals surface area contributed by atoms with E-state index in [1.54, 1.807) is 18.2 Å². The number of amides is 4. The Hall–Kier alpha value is -5.61. The Labute approximate surface area is 289 Å². The minimum Gasteiger partial charge on any atom is -0.508 e. The summed E-state index contributed by atoms with van der Waals surface area (Å²) in [6.07, 6.45) is 0.849. The van der Waals surface area contributed by atoms with Crippen molar-refractivity contribution in [1.82, 2.24) is 15.1 Å². The maximum atomic E-state index is 15.3. The zero-order valence-electron chi connectivity index (χ0n) is 27.7. The van der Waals surface area contributed by atoms with E-state index in [-0.39, 0.29) is 29.7 Å². The number of aromatic hydroxyl groups is 1. The highest BCUT2D eigenvalue weighted by Crippen LogP contribution is 2.36. The van der Waals surface area contributed by atoms with Gasteiger partial charge in [-0.3, -0.25) is 34.3 Å². The lowest BCUT2D eigenvalue weighted by atomic mass is 9.88. The molecule has 0 spiro atoms. The van der Waals surface area contributed by atoms with Crippen molar-refractivity contribution >= 4 is 40.5 Å². The fraction of sp³-hybridized carbons (Fsp3) is 0.250. The molecule has 4 amide bonds. The molecule has 3 heterocycles. The standard InChI is InChI=1S/C40H37FN4O5/c1-2-31(26-6-4-3-5-7-26)36(28-10-14-30(46)15-11-28)27-8-12-29(13-9-27)44-20-18-43(19-21-44)24-25-22-32-37(33(41)23-25)40(50)45(39(32)49)34-16-17-35(47)42-38(34)48/h3-15,22-23,34,46H,2,16-21,24H2,1H3,(H,42,47,48). The third kappa shape index (κ3) is 6.30. The second-order valence-corrected chi connectivity index (χ2v) is 12.9. The number of anilines is 1. The Bertz CT molecular complexity index is 2000. The Balaban J connectivity index is 1.04. The molecule has 254 valence electrons. The van der Waals surface area contributed by atoms with Gasteiger partial charge in [0.1, 0.15) is 17.6 Å². The molecule has 0 aliphatic carbocycles. The summed E-state index contributed by atoms with van der Waals surface area (Å²) in [5.74, 6) is -3.32. The number of allylic oxidation sites excluding steroid dienone is 1. The van der Waals surface area contributed by atoms with E-state index in [0.29, 0.717) is 25.2 Å². The number of carbonyl (C=O) groups excluding carboxylic acids is 4. The van der Waals surface area contributed by atoms with Crippen LogP contribution in [0, 0.1) is 5.82 Å². The number of nitrogens with zero attached hydrogens (tertiary/aromatic N) is 3. The Morgan fingerprint density at radius 1 is 0.820 bits per heavy atom. The molecular formula is C40H37FN4O5. The van der Waals surface area contributed by atoms with Gasteiger partial charge in [0, 0.05) is 44.8 Å². The van der Waals surface area contributed by atoms with Crippen molar-refractivity contribution in [3.05, 3.63) is 130 Å². The van der Waals surface area contributed by atoms with Crippen molar-refractivity contribution in [1.29, 1.82) is 0 Å². The first-order valence-corrected chi connectivity index (χ1v) is 16.9. The predicted molar refractivity (Wildman–Crippen MR) is 188 cm³/mol. The van der Waals surface area contributed by atoms with Gasteiger partial charge in [0.25, 0.3) is 11.8 Å². The largest absolute Gasteiger partial charge is 0.508 e. The second-order valence-electron chi connectivity index (χ2n) is 12.9. The number of benzene rings is 4. The first-order chi connectivity index (χ1) is 24.2. The number of halogens is 1. The molecule has 7 rings (SSSR count). The van der Waals surface area contributed by atoms with Crippen molar-refractivity contribution in [2.24, 2.45) is 0 Å². The molecule has 10 heteroatoms. The summed E-state index contributed by atoms with van der Waals surface area (Å²) >= 11 is 0. The van der Waals surface area contributed by atoms with Crippen molar-refractivity contribution in [3.63, 3.8) is 0 Å². The van der Waals surface area contributed by atoms with Gasteiger partial charge in [-0.25, -0.2) is 4.39 Å². The van der Waals surface area contributed by atoms with Gasteiger partial charge in [-0.1, -0.05) is 61.5 Å². The minimum atomic E-state index is -1.14. The quantitative estimate of drug-likeness (QED) is 0.185. The highest BCUT2D eigenvalue weighted by atomic mass is 19.1. The van der Waals surface area contributed by atoms with Crippen LogP contribution in [0.4, 0.5) is 10.1 Å². The zero-order chi connectivity index (χ0) is 34.9. The van der Waals surface area contributed by atoms with Crippen molar-refractivity contribution in [2.45, 2.75) is 38.8 Å². The first kappa shape index (κ1) is 32.9. The van der Waals surface area contributed by atoms with E-state index >= 15 is 4.39 Å². The minimum absolute atomic E-state index is 0.000392. The predicted octanol–water partition coefficient (Wildman–Crippen LogP) is 5.62. The molecule has 2 N–H and O–H groups in total. The number of piperidine rings is 1. The van der Waals surface area contributed by atoms with Crippen LogP contribution in [0.1, 0.15) is 69.2 Å². The molecule has 3 aliphatic rings. The summed E-state index contributed by atoms with van der Waals surface area (Å²) in [6.45, 7) is 5.47. The van der Waals surface area contributed by atoms with E-state index in [4.69, 9.17) is 0 Å². The first-order valence-electron chi connectivity index (χ1n) is 16.9. The fourth-order valence-electron chi connectivity index (χ4n) is 7.26. The molecule has 4 aromatic carbocycles. The van der Waals surface area contributed by atoms with Crippen LogP contribution in [0.15, 0.2) is 91.0 Å². The van der Waals surface area contributed by atoms with Crippen LogP contribution >= 0.6 is 0 Å². The maximum Gasteiger partial charge on any atom is 0.265 e. The number of piperazine rings is 1. The smallest absolute Gasteiger partial charge is 0.265 e. The number of phenolic OH excluding ortho intramolecular Hbond substituents is 1. The van der Waals surface area contributed by atoms with Gasteiger partial charge in [0.2, 0.25) is 11.8 Å². The van der Waals surface area contributed by atoms with Gasteiger partial charge in [0.15, 0.2) is 0 Å². The van der Waals surface area contributed by atoms with E-state index < -0.39 is 35.5 Å². The van der Waals surface area contributed by atoms with Crippen LogP contribution in [0.5, 0.6) is 5.75 Å². The van der Waals surface area contributed by atoms with E-state index in [0.717, 1.165) is 52.4 Å². The molecule has 50 heavy (non-hydrogen) atoms. The zero-order valence-corrected chi connectivity index (χ0v) is 27.7. The van der Waals surface area contributed by atoms with Crippen molar-refractivity contribution in [2.75, 3.05) is 31.1 Å². The second kappa shape index (κ2) is 13.7. The number of carbonyl (C=O) groups is 4. The van der Waals surface area contributed by atoms with Crippen LogP contribution < -0.4 is 10.2 Å². The molecule has 1 unspecified atom stereocenters. The van der Waals surface area contributed by atoms with E-state index in [2.05, 4.69) is 58.4 Å². The lowest BCUT2D eigenvalue weighted by Crippen LogP contribution is -2.54. The Kier molecular flexibility index (Phi) is 9.03. The molecule has 0 bridgehead atoms. The van der Waals surface area contributed by atoms with Crippen molar-refractivity contribution in [3.8, 4) is 5.75 Å². The Morgan fingerprint density at radius 2 is 1.48 bits per heavy atom. The van der Waals surface area contributed by atoms with Gasteiger partial charge in [-0.2, -0.15) is 0 Å². The topological polar surface area (TPSA) is 110 Å². The number of fused-ring (bicyclic) bond motifs is 1. The monoisotopic (exact) mass is 672 g/mol. The van der Waals surface area contributed by atoms with Gasteiger partial charge < -0.3 is 10.0 Å². The average Bonchev–Trinajstić information content (AvgIpc) is 3.37. The summed E-state index contributed by atoms with van der Waals surface area (Å²) < 4.78 is 15.3. The lowest BCUT2D eigenvalue weighted by molar-refractivity contribution is -0.136. The number of rotatable bonds is 8. The molecule has 2 fully saturated rings. The molecule has 1 atom stereocenters. The number of nitrogens with one attached hydrogen (secondary N) is 1. The van der Waals surface area contributed by atoms with Crippen LogP contribution in [0.3, 0.4) is 0 Å². The maximum absolute atomic E-state index is 15.3. The molecule has 0 aromatic heterocycles. The molecule has 4 aromatic rings. The lowest BCUT2D eigenvalue weighted by Gasteiger charge is -2.36. The van der Waals surface area contributed by atoms with E-state index in [1.165, 1.54) is 11.6 Å². The molecule has 9 nitrogen and oxygen atoms in total. The SMILES string of the molecule is CCC(=C(c1ccc(O)cc1)c1ccc(N2CCN(Cc3cc(F)c4c(c3)C(=O)N(C3CCC(=O)NC3=O)C4=O)CC2)cc1)c1ccccc1. The van der Waals surface area contributed by atoms with Crippen LogP contribution in [0.25, 0.3) is 11.1 Å². The van der Waals surface area contributed by atoms with E-state index in [1.807, 2.05) is 30.3 Å². The number of phenols is 1. The highest BCUT2D eigenvalue weighted by Gasteiger charge is 2.46. The summed E-state index contributed by atoms with van der Waals surface area (Å²) in [5, 5.41) is 12.1. The summed E-state index contributed by atoms with van der Waals surface area (Å²) in [6, 6.07) is 27.9. The molecule has 0 radical (unpaired) electrons. The highest BCUT2D eigenvalue weighted by molar-refractivity contribution is 6.23.